The van der Waals surface area contributed by atoms with Crippen LogP contribution >= 0.6 is 0 Å². The smallest absolute Gasteiger partial charge is 0.227 e. The predicted octanol–water partition coefficient (Wildman–Crippen LogP) is 3.48. The molecule has 0 bridgehead atoms. The number of hydrogen-bond acceptors (Lipinski definition) is 2. The minimum Gasteiger partial charge on any atom is -0.497 e. The van der Waals surface area contributed by atoms with Crippen LogP contribution < -0.4 is 9.64 Å². The van der Waals surface area contributed by atoms with Crippen LogP contribution in [0.1, 0.15) is 23.1 Å². The molecule has 2 aromatic carbocycles. The van der Waals surface area contributed by atoms with Crippen LogP contribution in [0.2, 0.25) is 0 Å². The molecule has 0 unspecified atom stereocenters. The van der Waals surface area contributed by atoms with Gasteiger partial charge in [-0.1, -0.05) is 24.3 Å². The number of amides is 1. The number of nitrogens with zero attached hydrogens (tertiary/aromatic N) is 1. The Morgan fingerprint density at radius 3 is 2.57 bits per heavy atom. The average molecular weight is 281 g/mol. The Morgan fingerprint density at radius 1 is 1.10 bits per heavy atom. The summed E-state index contributed by atoms with van der Waals surface area (Å²) in [5, 5.41) is 0. The first-order valence-electron chi connectivity index (χ1n) is 7.21. The number of rotatable bonds is 3. The molecule has 0 fully saturated rings. The first kappa shape index (κ1) is 13.7. The molecule has 0 aromatic heterocycles. The lowest BCUT2D eigenvalue weighted by atomic mass is 9.96. The van der Waals surface area contributed by atoms with Crippen LogP contribution in [0.25, 0.3) is 0 Å². The van der Waals surface area contributed by atoms with E-state index in [1.165, 1.54) is 11.1 Å². The lowest BCUT2D eigenvalue weighted by Crippen LogP contribution is -2.34. The van der Waals surface area contributed by atoms with Gasteiger partial charge in [-0.2, -0.15) is 0 Å². The van der Waals surface area contributed by atoms with Crippen molar-refractivity contribution in [2.75, 3.05) is 12.0 Å². The van der Waals surface area contributed by atoms with Gasteiger partial charge < -0.3 is 9.64 Å². The average Bonchev–Trinajstić information content (AvgIpc) is 2.51. The van der Waals surface area contributed by atoms with Crippen molar-refractivity contribution in [3.8, 4) is 5.75 Å². The van der Waals surface area contributed by atoms with Gasteiger partial charge in [-0.15, -0.1) is 0 Å². The Hall–Kier alpha value is -2.29. The summed E-state index contributed by atoms with van der Waals surface area (Å²) in [7, 11) is 1.65. The molecule has 0 spiro atoms. The van der Waals surface area contributed by atoms with Crippen LogP contribution in [0, 0.1) is 6.92 Å². The Balaban J connectivity index is 1.91. The first-order valence-corrected chi connectivity index (χ1v) is 7.21. The molecule has 2 aromatic rings. The van der Waals surface area contributed by atoms with Crippen molar-refractivity contribution in [1.29, 1.82) is 0 Å². The maximum absolute atomic E-state index is 12.3. The van der Waals surface area contributed by atoms with Crippen LogP contribution in [0.3, 0.4) is 0 Å². The molecule has 1 aliphatic heterocycles. The fourth-order valence-corrected chi connectivity index (χ4v) is 2.85. The molecule has 0 saturated heterocycles. The third-order valence-electron chi connectivity index (χ3n) is 4.07. The highest BCUT2D eigenvalue weighted by atomic mass is 16.5. The summed E-state index contributed by atoms with van der Waals surface area (Å²) < 4.78 is 5.17. The van der Waals surface area contributed by atoms with Crippen molar-refractivity contribution in [1.82, 2.24) is 0 Å². The molecule has 1 amide bonds. The number of benzene rings is 2. The van der Waals surface area contributed by atoms with Crippen molar-refractivity contribution in [2.24, 2.45) is 0 Å². The number of carbonyl (C=O) groups excluding carboxylic acids is 1. The molecule has 3 rings (SSSR count). The van der Waals surface area contributed by atoms with E-state index < -0.39 is 0 Å². The minimum atomic E-state index is 0.198. The summed E-state index contributed by atoms with van der Waals surface area (Å²) >= 11 is 0. The SMILES string of the molecule is COc1ccc(CN2C(=O)CCc3c(C)cccc32)cc1. The molecule has 21 heavy (non-hydrogen) atoms. The highest BCUT2D eigenvalue weighted by Crippen LogP contribution is 2.31. The van der Waals surface area contributed by atoms with E-state index in [1.807, 2.05) is 41.3 Å². The van der Waals surface area contributed by atoms with Crippen LogP contribution in [-0.4, -0.2) is 13.0 Å². The topological polar surface area (TPSA) is 29.5 Å². The predicted molar refractivity (Wildman–Crippen MR) is 83.7 cm³/mol. The van der Waals surface area contributed by atoms with E-state index in [9.17, 15) is 4.79 Å². The Kier molecular flexibility index (Phi) is 3.65. The highest BCUT2D eigenvalue weighted by Gasteiger charge is 2.24. The van der Waals surface area contributed by atoms with E-state index in [2.05, 4.69) is 13.0 Å². The van der Waals surface area contributed by atoms with E-state index in [4.69, 9.17) is 4.74 Å². The second-order valence-electron chi connectivity index (χ2n) is 5.40. The summed E-state index contributed by atoms with van der Waals surface area (Å²) in [5.41, 5.74) is 4.73. The Labute approximate surface area is 125 Å². The standard InChI is InChI=1S/C18H19NO2/c1-13-4-3-5-17-16(13)10-11-18(20)19(17)12-14-6-8-15(21-2)9-7-14/h3-9H,10-12H2,1-2H3. The number of anilines is 1. The zero-order chi connectivity index (χ0) is 14.8. The second kappa shape index (κ2) is 5.60. The van der Waals surface area contributed by atoms with Crippen molar-refractivity contribution in [3.05, 3.63) is 59.2 Å². The van der Waals surface area contributed by atoms with Gasteiger partial charge in [0.25, 0.3) is 0 Å². The van der Waals surface area contributed by atoms with Crippen LogP contribution in [-0.2, 0) is 17.8 Å². The maximum Gasteiger partial charge on any atom is 0.227 e. The number of methoxy groups -OCH3 is 1. The quantitative estimate of drug-likeness (QED) is 0.862. The van der Waals surface area contributed by atoms with E-state index in [1.54, 1.807) is 7.11 Å². The number of aryl methyl sites for hydroxylation is 1. The normalized spacial score (nSPS) is 14.0. The third kappa shape index (κ3) is 2.64. The van der Waals surface area contributed by atoms with Gasteiger partial charge in [0.15, 0.2) is 0 Å². The Morgan fingerprint density at radius 2 is 1.86 bits per heavy atom. The summed E-state index contributed by atoms with van der Waals surface area (Å²) in [6, 6.07) is 14.1. The second-order valence-corrected chi connectivity index (χ2v) is 5.40. The molecule has 0 radical (unpaired) electrons. The third-order valence-corrected chi connectivity index (χ3v) is 4.07. The van der Waals surface area contributed by atoms with Gasteiger partial charge in [-0.25, -0.2) is 0 Å². The molecule has 1 heterocycles. The van der Waals surface area contributed by atoms with E-state index in [0.717, 1.165) is 23.4 Å². The van der Waals surface area contributed by atoms with Gasteiger partial charge in [0.1, 0.15) is 5.75 Å². The van der Waals surface area contributed by atoms with E-state index in [0.29, 0.717) is 13.0 Å². The largest absolute Gasteiger partial charge is 0.497 e. The molecule has 0 atom stereocenters. The fraction of sp³-hybridized carbons (Fsp3) is 0.278. The van der Waals surface area contributed by atoms with Crippen LogP contribution in [0.5, 0.6) is 5.75 Å². The fourth-order valence-electron chi connectivity index (χ4n) is 2.85. The van der Waals surface area contributed by atoms with Gasteiger partial charge in [-0.05, 0) is 48.2 Å². The summed E-state index contributed by atoms with van der Waals surface area (Å²) in [6.07, 6.45) is 1.44. The van der Waals surface area contributed by atoms with Gasteiger partial charge in [0.2, 0.25) is 5.91 Å². The molecule has 0 saturated carbocycles. The van der Waals surface area contributed by atoms with Gasteiger partial charge >= 0.3 is 0 Å². The van der Waals surface area contributed by atoms with Crippen molar-refractivity contribution < 1.29 is 9.53 Å². The number of hydrogen-bond donors (Lipinski definition) is 0. The molecule has 0 aliphatic carbocycles. The van der Waals surface area contributed by atoms with Crippen molar-refractivity contribution in [2.45, 2.75) is 26.3 Å². The first-order chi connectivity index (χ1) is 10.2. The monoisotopic (exact) mass is 281 g/mol. The highest BCUT2D eigenvalue weighted by molar-refractivity contribution is 5.96. The maximum atomic E-state index is 12.3. The van der Waals surface area contributed by atoms with Gasteiger partial charge in [0.05, 0.1) is 13.7 Å². The zero-order valence-corrected chi connectivity index (χ0v) is 12.4. The lowest BCUT2D eigenvalue weighted by molar-refractivity contribution is -0.119. The van der Waals surface area contributed by atoms with Crippen LogP contribution in [0.15, 0.2) is 42.5 Å². The molecule has 1 aliphatic rings. The summed E-state index contributed by atoms with van der Waals surface area (Å²) in [4.78, 5) is 14.2. The summed E-state index contributed by atoms with van der Waals surface area (Å²) in [6.45, 7) is 2.72. The number of carbonyl (C=O) groups is 1. The van der Waals surface area contributed by atoms with E-state index in [-0.39, 0.29) is 5.91 Å². The number of fused-ring (bicyclic) bond motifs is 1. The minimum absolute atomic E-state index is 0.198. The molecular formula is C18H19NO2. The van der Waals surface area contributed by atoms with Crippen molar-refractivity contribution >= 4 is 11.6 Å². The molecule has 108 valence electrons. The van der Waals surface area contributed by atoms with Crippen LogP contribution in [0.4, 0.5) is 5.69 Å². The van der Waals surface area contributed by atoms with Gasteiger partial charge in [0, 0.05) is 12.1 Å². The molecule has 3 nitrogen and oxygen atoms in total. The van der Waals surface area contributed by atoms with Crippen molar-refractivity contribution in [3.63, 3.8) is 0 Å². The molecule has 3 heteroatoms. The lowest BCUT2D eigenvalue weighted by Gasteiger charge is -2.30. The molecule has 0 N–H and O–H groups in total. The molecular weight excluding hydrogens is 262 g/mol. The van der Waals surface area contributed by atoms with E-state index >= 15 is 0 Å². The zero-order valence-electron chi connectivity index (χ0n) is 12.4. The number of ether oxygens (including phenoxy) is 1. The van der Waals surface area contributed by atoms with Gasteiger partial charge in [-0.3, -0.25) is 4.79 Å². The Bertz CT molecular complexity index is 661. The summed E-state index contributed by atoms with van der Waals surface area (Å²) in [5.74, 6) is 1.03.